The van der Waals surface area contributed by atoms with E-state index < -0.39 is 25.6 Å². The number of aromatic hydroxyl groups is 1. The summed E-state index contributed by atoms with van der Waals surface area (Å²) in [4.78, 5) is 31.0. The maximum Gasteiger partial charge on any atom is 0.357 e. The van der Waals surface area contributed by atoms with Crippen LogP contribution in [0.2, 0.25) is 0 Å². The molecular weight excluding hydrogens is 299 g/mol. The Labute approximate surface area is 118 Å². The molecule has 1 aliphatic heterocycles. The van der Waals surface area contributed by atoms with Crippen molar-refractivity contribution in [1.29, 1.82) is 0 Å². The van der Waals surface area contributed by atoms with Gasteiger partial charge in [0.15, 0.2) is 0 Å². The largest absolute Gasteiger partial charge is 0.506 e. The van der Waals surface area contributed by atoms with E-state index in [4.69, 9.17) is 0 Å². The van der Waals surface area contributed by atoms with E-state index >= 15 is 0 Å². The van der Waals surface area contributed by atoms with Gasteiger partial charge >= 0.3 is 13.6 Å². The molecule has 0 radical (unpaired) electrons. The molecule has 2 aromatic rings. The minimum absolute atomic E-state index is 0.0803. The van der Waals surface area contributed by atoms with E-state index in [1.54, 1.807) is 12.1 Å². The molecule has 0 aliphatic carbocycles. The number of rotatable bonds is 1. The lowest BCUT2D eigenvalue weighted by Gasteiger charge is -2.25. The number of phenolic OH excluding ortho intramolecular Hbond substituents is 1. The second kappa shape index (κ2) is 4.54. The smallest absolute Gasteiger partial charge is 0.357 e. The number of carbonyl (C=O) groups is 1. The lowest BCUT2D eigenvalue weighted by atomic mass is 9.95. The maximum absolute atomic E-state index is 11.8. The van der Waals surface area contributed by atoms with Gasteiger partial charge in [0.25, 0.3) is 0 Å². The summed E-state index contributed by atoms with van der Waals surface area (Å²) in [6, 6.07) is 6.02. The molecule has 0 amide bonds. The van der Waals surface area contributed by atoms with Gasteiger partial charge in [-0.1, -0.05) is 24.3 Å². The van der Waals surface area contributed by atoms with Gasteiger partial charge in [0.05, 0.1) is 5.30 Å². The molecule has 1 aliphatic rings. The number of cyclic esters (lactones) is 1. The molecule has 1 heterocycles. The van der Waals surface area contributed by atoms with Crippen molar-refractivity contribution in [2.75, 3.05) is 0 Å². The molecular formula is C13H11O7P. The fourth-order valence-electron chi connectivity index (χ4n) is 2.60. The van der Waals surface area contributed by atoms with Gasteiger partial charge in [0.1, 0.15) is 11.3 Å². The fraction of sp³-hybridized carbons (Fsp3) is 0.154. The molecule has 21 heavy (non-hydrogen) atoms. The second-order valence-corrected chi connectivity index (χ2v) is 6.24. The molecule has 0 bridgehead atoms. The highest BCUT2D eigenvalue weighted by atomic mass is 31.2. The van der Waals surface area contributed by atoms with Crippen LogP contribution in [0.4, 0.5) is 0 Å². The molecule has 0 fully saturated rings. The number of fused-ring (bicyclic) bond motifs is 2. The van der Waals surface area contributed by atoms with E-state index in [1.165, 1.54) is 12.1 Å². The van der Waals surface area contributed by atoms with Crippen LogP contribution in [0.25, 0.3) is 10.8 Å². The Bertz CT molecular complexity index is 808. The first-order valence-electron chi connectivity index (χ1n) is 6.02. The second-order valence-electron chi connectivity index (χ2n) is 4.70. The van der Waals surface area contributed by atoms with Gasteiger partial charge in [-0.15, -0.1) is 0 Å². The van der Waals surface area contributed by atoms with Crippen molar-refractivity contribution >= 4 is 29.6 Å². The Morgan fingerprint density at radius 1 is 1.19 bits per heavy atom. The first kappa shape index (κ1) is 14.0. The number of carbonyl (C=O) groups excluding carboxylic acids is 1. The molecule has 4 N–H and O–H groups in total. The van der Waals surface area contributed by atoms with Crippen molar-refractivity contribution in [1.82, 2.24) is 0 Å². The summed E-state index contributed by atoms with van der Waals surface area (Å²) in [5, 5.41) is 19.6. The van der Waals surface area contributed by atoms with Gasteiger partial charge in [0, 0.05) is 17.2 Å². The van der Waals surface area contributed by atoms with Crippen LogP contribution < -0.4 is 5.30 Å². The monoisotopic (exact) mass is 310 g/mol. The maximum atomic E-state index is 11.8. The molecule has 0 spiro atoms. The minimum Gasteiger partial charge on any atom is -0.506 e. The highest BCUT2D eigenvalue weighted by Crippen LogP contribution is 2.44. The first-order chi connectivity index (χ1) is 9.80. The number of ether oxygens (including phenoxy) is 1. The third-order valence-corrected chi connectivity index (χ3v) is 4.47. The third-order valence-electron chi connectivity index (χ3n) is 3.38. The van der Waals surface area contributed by atoms with Gasteiger partial charge < -0.3 is 24.7 Å². The number of aliphatic hydroxyl groups is 1. The number of phenols is 1. The van der Waals surface area contributed by atoms with E-state index in [2.05, 4.69) is 4.74 Å². The minimum atomic E-state index is -4.73. The van der Waals surface area contributed by atoms with E-state index in [-0.39, 0.29) is 33.6 Å². The zero-order chi connectivity index (χ0) is 15.4. The van der Waals surface area contributed by atoms with Crippen LogP contribution in [0.15, 0.2) is 24.3 Å². The van der Waals surface area contributed by atoms with Gasteiger partial charge in [-0.2, -0.15) is 0 Å². The summed E-state index contributed by atoms with van der Waals surface area (Å²) in [5.74, 6) is -1.42. The van der Waals surface area contributed by atoms with E-state index in [0.717, 1.165) is 0 Å². The van der Waals surface area contributed by atoms with Crippen molar-refractivity contribution < 1.29 is 34.1 Å². The Morgan fingerprint density at radius 2 is 1.81 bits per heavy atom. The molecule has 0 saturated carbocycles. The van der Waals surface area contributed by atoms with Crippen LogP contribution in [-0.4, -0.2) is 32.3 Å². The standard InChI is InChI=1S/C13H11O7P/c14-9-5-8-10(13(16)20-9)11(15)6-3-1-2-4-7(6)12(8)21(17,18)19/h1-4,9,14-15H,5H2,(H2,17,18,19). The van der Waals surface area contributed by atoms with Crippen molar-refractivity contribution in [2.24, 2.45) is 0 Å². The Kier molecular flexibility index (Phi) is 3.04. The number of hydrogen-bond donors (Lipinski definition) is 4. The van der Waals surface area contributed by atoms with E-state index in [9.17, 15) is 29.4 Å². The molecule has 3 rings (SSSR count). The molecule has 110 valence electrons. The van der Waals surface area contributed by atoms with Crippen molar-refractivity contribution in [3.8, 4) is 5.75 Å². The predicted octanol–water partition coefficient (Wildman–Crippen LogP) is 0.380. The Balaban J connectivity index is 2.53. The lowest BCUT2D eigenvalue weighted by molar-refractivity contribution is -0.0687. The lowest BCUT2D eigenvalue weighted by Crippen LogP contribution is -2.32. The number of esters is 1. The summed E-state index contributed by atoms with van der Waals surface area (Å²) in [7, 11) is -4.73. The molecule has 1 atom stereocenters. The quantitative estimate of drug-likeness (QED) is 0.443. The first-order valence-corrected chi connectivity index (χ1v) is 7.63. The third kappa shape index (κ3) is 2.11. The summed E-state index contributed by atoms with van der Waals surface area (Å²) in [5.41, 5.74) is -0.388. The summed E-state index contributed by atoms with van der Waals surface area (Å²) >= 11 is 0. The normalized spacial score (nSPS) is 18.4. The number of benzene rings is 2. The van der Waals surface area contributed by atoms with Crippen molar-refractivity contribution in [3.63, 3.8) is 0 Å². The van der Waals surface area contributed by atoms with Crippen LogP contribution in [-0.2, 0) is 15.7 Å². The average molecular weight is 310 g/mol. The van der Waals surface area contributed by atoms with Crippen LogP contribution in [0.1, 0.15) is 15.9 Å². The topological polar surface area (TPSA) is 124 Å². The number of hydrogen-bond acceptors (Lipinski definition) is 5. The van der Waals surface area contributed by atoms with Gasteiger partial charge in [-0.25, -0.2) is 4.79 Å². The summed E-state index contributed by atoms with van der Waals surface area (Å²) < 4.78 is 16.4. The molecule has 2 aromatic carbocycles. The highest BCUT2D eigenvalue weighted by molar-refractivity contribution is 7.61. The van der Waals surface area contributed by atoms with Crippen molar-refractivity contribution in [3.05, 3.63) is 35.4 Å². The molecule has 7 nitrogen and oxygen atoms in total. The summed E-state index contributed by atoms with van der Waals surface area (Å²) in [6.45, 7) is 0. The van der Waals surface area contributed by atoms with Gasteiger partial charge in [-0.3, -0.25) is 4.57 Å². The predicted molar refractivity (Wildman–Crippen MR) is 72.4 cm³/mol. The highest BCUT2D eigenvalue weighted by Gasteiger charge is 2.37. The van der Waals surface area contributed by atoms with Crippen LogP contribution in [0.3, 0.4) is 0 Å². The van der Waals surface area contributed by atoms with Gasteiger partial charge in [-0.05, 0) is 5.56 Å². The SMILES string of the molecule is O=C1OC(O)Cc2c1c(O)c1ccccc1c2P(=O)(O)O. The van der Waals surface area contributed by atoms with Gasteiger partial charge in [0.2, 0.25) is 6.29 Å². The average Bonchev–Trinajstić information content (AvgIpc) is 2.36. The van der Waals surface area contributed by atoms with Crippen molar-refractivity contribution in [2.45, 2.75) is 12.7 Å². The van der Waals surface area contributed by atoms with Crippen LogP contribution >= 0.6 is 7.60 Å². The number of aliphatic hydroxyl groups excluding tert-OH is 1. The molecule has 0 saturated heterocycles. The fourth-order valence-corrected chi connectivity index (χ4v) is 3.67. The van der Waals surface area contributed by atoms with Crippen LogP contribution in [0.5, 0.6) is 5.75 Å². The summed E-state index contributed by atoms with van der Waals surface area (Å²) in [6.07, 6.45) is -1.80. The molecule has 8 heteroatoms. The Morgan fingerprint density at radius 3 is 2.43 bits per heavy atom. The van der Waals surface area contributed by atoms with E-state index in [1.807, 2.05) is 0 Å². The Hall–Kier alpha value is -1.92. The van der Waals surface area contributed by atoms with E-state index in [0.29, 0.717) is 0 Å². The molecule has 1 unspecified atom stereocenters. The zero-order valence-corrected chi connectivity index (χ0v) is 11.4. The molecule has 0 aromatic heterocycles. The zero-order valence-electron chi connectivity index (χ0n) is 10.6. The van der Waals surface area contributed by atoms with Crippen LogP contribution in [0, 0.1) is 0 Å².